The number of oxazole rings is 1. The van der Waals surface area contributed by atoms with Crippen LogP contribution in [0.5, 0.6) is 5.75 Å². The van der Waals surface area contributed by atoms with Crippen molar-refractivity contribution in [3.8, 4) is 17.1 Å². The molecule has 2 aromatic carbocycles. The highest BCUT2D eigenvalue weighted by Gasteiger charge is 2.10. The van der Waals surface area contributed by atoms with Crippen LogP contribution in [0.15, 0.2) is 59.1 Å². The van der Waals surface area contributed by atoms with E-state index in [1.165, 1.54) is 5.56 Å². The molecule has 3 aromatic rings. The maximum atomic E-state index is 12.2. The van der Waals surface area contributed by atoms with Crippen molar-refractivity contribution >= 4 is 11.6 Å². The third-order valence-electron chi connectivity index (χ3n) is 4.89. The third-order valence-corrected chi connectivity index (χ3v) is 4.89. The van der Waals surface area contributed by atoms with E-state index in [1.54, 1.807) is 6.20 Å². The van der Waals surface area contributed by atoms with Crippen molar-refractivity contribution in [3.05, 3.63) is 66.2 Å². The number of amides is 1. The van der Waals surface area contributed by atoms with Gasteiger partial charge in [-0.05, 0) is 42.2 Å². The second kappa shape index (κ2) is 10.6. The van der Waals surface area contributed by atoms with E-state index in [-0.39, 0.29) is 5.91 Å². The fraction of sp³-hybridized carbons (Fsp3) is 0.360. The molecule has 0 unspecified atom stereocenters. The van der Waals surface area contributed by atoms with Gasteiger partial charge in [0.1, 0.15) is 5.75 Å². The van der Waals surface area contributed by atoms with Gasteiger partial charge >= 0.3 is 0 Å². The van der Waals surface area contributed by atoms with Gasteiger partial charge in [0.25, 0.3) is 0 Å². The summed E-state index contributed by atoms with van der Waals surface area (Å²) in [7, 11) is 0. The second-order valence-electron chi connectivity index (χ2n) is 7.67. The highest BCUT2D eigenvalue weighted by molar-refractivity contribution is 5.90. The van der Waals surface area contributed by atoms with Gasteiger partial charge in [-0.25, -0.2) is 4.98 Å². The molecular weight excluding hydrogens is 376 g/mol. The Hall–Kier alpha value is -3.08. The van der Waals surface area contributed by atoms with Crippen molar-refractivity contribution in [1.29, 1.82) is 0 Å². The molecule has 5 nitrogen and oxygen atoms in total. The average Bonchev–Trinajstić information content (AvgIpc) is 3.23. The Bertz CT molecular complexity index is 928. The van der Waals surface area contributed by atoms with Gasteiger partial charge in [-0.1, -0.05) is 51.5 Å². The second-order valence-corrected chi connectivity index (χ2v) is 7.67. The molecule has 0 bridgehead atoms. The lowest BCUT2D eigenvalue weighted by Crippen LogP contribution is -2.12. The topological polar surface area (TPSA) is 64.4 Å². The number of aromatic nitrogens is 1. The zero-order valence-corrected chi connectivity index (χ0v) is 18.0. The summed E-state index contributed by atoms with van der Waals surface area (Å²) in [5, 5.41) is 2.90. The number of carbonyl (C=O) groups is 1. The van der Waals surface area contributed by atoms with E-state index in [0.29, 0.717) is 31.3 Å². The van der Waals surface area contributed by atoms with Gasteiger partial charge in [0.2, 0.25) is 5.91 Å². The number of rotatable bonds is 10. The van der Waals surface area contributed by atoms with Crippen molar-refractivity contribution < 1.29 is 13.9 Å². The molecule has 1 amide bonds. The predicted octanol–water partition coefficient (Wildman–Crippen LogP) is 6.22. The summed E-state index contributed by atoms with van der Waals surface area (Å²) in [4.78, 5) is 16.6. The summed E-state index contributed by atoms with van der Waals surface area (Å²) in [5.41, 5.74) is 3.03. The monoisotopic (exact) mass is 406 g/mol. The molecule has 0 atom stereocenters. The van der Waals surface area contributed by atoms with Gasteiger partial charge in [0.15, 0.2) is 11.7 Å². The fourth-order valence-electron chi connectivity index (χ4n) is 3.00. The molecular formula is C25H30N2O3. The minimum atomic E-state index is -0.0734. The zero-order chi connectivity index (χ0) is 21.3. The van der Waals surface area contributed by atoms with Crippen LogP contribution in [0.3, 0.4) is 0 Å². The minimum absolute atomic E-state index is 0.0734. The van der Waals surface area contributed by atoms with Crippen LogP contribution in [0.1, 0.15) is 57.4 Å². The molecule has 0 saturated heterocycles. The molecule has 1 heterocycles. The van der Waals surface area contributed by atoms with E-state index < -0.39 is 0 Å². The van der Waals surface area contributed by atoms with E-state index in [9.17, 15) is 4.79 Å². The van der Waals surface area contributed by atoms with Crippen molar-refractivity contribution in [3.63, 3.8) is 0 Å². The first-order valence-electron chi connectivity index (χ1n) is 10.6. The zero-order valence-electron chi connectivity index (χ0n) is 18.0. The standard InChI is InChI=1S/C25H30N2O3/c1-4-5-16-29-22-12-10-21(11-13-22)27-24(28)14-15-25-26-17-23(30-25)20-8-6-19(7-9-20)18(2)3/h6-13,17-18H,4-5,14-16H2,1-3H3,(H,27,28). The normalized spacial score (nSPS) is 10.9. The maximum absolute atomic E-state index is 12.2. The van der Waals surface area contributed by atoms with Crippen LogP contribution in [-0.4, -0.2) is 17.5 Å². The molecule has 0 radical (unpaired) electrons. The van der Waals surface area contributed by atoms with Crippen LogP contribution in [0.2, 0.25) is 0 Å². The summed E-state index contributed by atoms with van der Waals surface area (Å²) in [6.45, 7) is 7.18. The molecule has 0 aliphatic rings. The molecule has 0 spiro atoms. The number of nitrogens with zero attached hydrogens (tertiary/aromatic N) is 1. The molecule has 0 fully saturated rings. The Kier molecular flexibility index (Phi) is 7.66. The quantitative estimate of drug-likeness (QED) is 0.406. The summed E-state index contributed by atoms with van der Waals surface area (Å²) in [6, 6.07) is 15.7. The van der Waals surface area contributed by atoms with E-state index >= 15 is 0 Å². The van der Waals surface area contributed by atoms with Crippen molar-refractivity contribution in [1.82, 2.24) is 4.98 Å². The molecule has 3 rings (SSSR count). The SMILES string of the molecule is CCCCOc1ccc(NC(=O)CCc2ncc(-c3ccc(C(C)C)cc3)o2)cc1. The van der Waals surface area contributed by atoms with E-state index in [4.69, 9.17) is 9.15 Å². The number of hydrogen-bond donors (Lipinski definition) is 1. The Labute approximate surface area is 178 Å². The van der Waals surface area contributed by atoms with E-state index in [1.807, 2.05) is 36.4 Å². The van der Waals surface area contributed by atoms with E-state index in [2.05, 4.69) is 43.2 Å². The molecule has 158 valence electrons. The molecule has 30 heavy (non-hydrogen) atoms. The predicted molar refractivity (Wildman–Crippen MR) is 120 cm³/mol. The van der Waals surface area contributed by atoms with Crippen LogP contribution in [-0.2, 0) is 11.2 Å². The number of carbonyl (C=O) groups excluding carboxylic acids is 1. The van der Waals surface area contributed by atoms with Gasteiger partial charge in [0, 0.05) is 24.1 Å². The van der Waals surface area contributed by atoms with Crippen LogP contribution in [0, 0.1) is 0 Å². The molecule has 5 heteroatoms. The first kappa shape index (κ1) is 21.6. The smallest absolute Gasteiger partial charge is 0.224 e. The van der Waals surface area contributed by atoms with Crippen molar-refractivity contribution in [2.75, 3.05) is 11.9 Å². The van der Waals surface area contributed by atoms with Crippen molar-refractivity contribution in [2.24, 2.45) is 0 Å². The summed E-state index contributed by atoms with van der Waals surface area (Å²) < 4.78 is 11.5. The number of aryl methyl sites for hydroxylation is 1. The average molecular weight is 407 g/mol. The fourth-order valence-corrected chi connectivity index (χ4v) is 3.00. The Balaban J connectivity index is 1.48. The maximum Gasteiger partial charge on any atom is 0.224 e. The number of benzene rings is 2. The van der Waals surface area contributed by atoms with E-state index in [0.717, 1.165) is 35.6 Å². The number of ether oxygens (including phenoxy) is 1. The highest BCUT2D eigenvalue weighted by Crippen LogP contribution is 2.24. The van der Waals surface area contributed by atoms with Gasteiger partial charge < -0.3 is 14.5 Å². The molecule has 1 aromatic heterocycles. The lowest BCUT2D eigenvalue weighted by atomic mass is 10.0. The lowest BCUT2D eigenvalue weighted by molar-refractivity contribution is -0.116. The first-order chi connectivity index (χ1) is 14.5. The van der Waals surface area contributed by atoms with Gasteiger partial charge in [0.05, 0.1) is 12.8 Å². The van der Waals surface area contributed by atoms with Crippen LogP contribution in [0.25, 0.3) is 11.3 Å². The minimum Gasteiger partial charge on any atom is -0.494 e. The molecule has 0 aliphatic carbocycles. The summed E-state index contributed by atoms with van der Waals surface area (Å²) >= 11 is 0. The molecule has 0 saturated carbocycles. The molecule has 0 aliphatic heterocycles. The number of anilines is 1. The third kappa shape index (κ3) is 6.21. The number of nitrogens with one attached hydrogen (secondary N) is 1. The Morgan fingerprint density at radius 2 is 1.83 bits per heavy atom. The number of unbranched alkanes of at least 4 members (excludes halogenated alkanes) is 1. The summed E-state index contributed by atoms with van der Waals surface area (Å²) in [5.74, 6) is 2.52. The lowest BCUT2D eigenvalue weighted by Gasteiger charge is -2.07. The molecule has 1 N–H and O–H groups in total. The van der Waals surface area contributed by atoms with Gasteiger partial charge in [-0.3, -0.25) is 4.79 Å². The highest BCUT2D eigenvalue weighted by atomic mass is 16.5. The Morgan fingerprint density at radius 3 is 2.50 bits per heavy atom. The van der Waals surface area contributed by atoms with Gasteiger partial charge in [-0.2, -0.15) is 0 Å². The van der Waals surface area contributed by atoms with Crippen molar-refractivity contribution in [2.45, 2.75) is 52.4 Å². The first-order valence-corrected chi connectivity index (χ1v) is 10.6. The van der Waals surface area contributed by atoms with Crippen LogP contribution < -0.4 is 10.1 Å². The van der Waals surface area contributed by atoms with Crippen LogP contribution in [0.4, 0.5) is 5.69 Å². The summed E-state index contributed by atoms with van der Waals surface area (Å²) in [6.07, 6.45) is 4.61. The van der Waals surface area contributed by atoms with Gasteiger partial charge in [-0.15, -0.1) is 0 Å². The van der Waals surface area contributed by atoms with Crippen LogP contribution >= 0.6 is 0 Å². The largest absolute Gasteiger partial charge is 0.494 e. The number of hydrogen-bond acceptors (Lipinski definition) is 4. The Morgan fingerprint density at radius 1 is 1.10 bits per heavy atom.